The number of aliphatic hydroxyl groups is 1. The monoisotopic (exact) mass is 158 g/mol. The third-order valence-corrected chi connectivity index (χ3v) is 2.94. The second kappa shape index (κ2) is 2.59. The lowest BCUT2D eigenvalue weighted by Crippen LogP contribution is -2.24. The predicted octanol–water partition coefficient (Wildman–Crippen LogP) is 2.02. The normalized spacial score (nSPS) is 30.4. The molecule has 10 heavy (non-hydrogen) atoms. The van der Waals surface area contributed by atoms with Crippen molar-refractivity contribution in [3.8, 4) is 0 Å². The summed E-state index contributed by atoms with van der Waals surface area (Å²) in [7, 11) is 0. The molecule has 0 bridgehead atoms. The first-order valence-corrected chi connectivity index (χ1v) is 4.72. The summed E-state index contributed by atoms with van der Waals surface area (Å²) in [4.78, 5) is 1.13. The highest BCUT2D eigenvalue weighted by molar-refractivity contribution is 8.02. The van der Waals surface area contributed by atoms with Gasteiger partial charge in [0.15, 0.2) is 0 Å². The Hall–Kier alpha value is 0.0500. The van der Waals surface area contributed by atoms with Crippen LogP contribution in [0.5, 0.6) is 0 Å². The molecule has 0 saturated heterocycles. The van der Waals surface area contributed by atoms with Crippen molar-refractivity contribution in [2.75, 3.05) is 6.26 Å². The van der Waals surface area contributed by atoms with Crippen LogP contribution < -0.4 is 0 Å². The van der Waals surface area contributed by atoms with Crippen LogP contribution in [0, 0.1) is 5.41 Å². The minimum absolute atomic E-state index is 0.0678. The first-order chi connectivity index (χ1) is 4.58. The van der Waals surface area contributed by atoms with Crippen molar-refractivity contribution < 1.29 is 5.11 Å². The highest BCUT2D eigenvalue weighted by atomic mass is 32.2. The van der Waals surface area contributed by atoms with E-state index in [9.17, 15) is 5.11 Å². The van der Waals surface area contributed by atoms with Gasteiger partial charge >= 0.3 is 0 Å². The van der Waals surface area contributed by atoms with Gasteiger partial charge in [-0.3, -0.25) is 0 Å². The lowest BCUT2D eigenvalue weighted by molar-refractivity contribution is 0.103. The van der Waals surface area contributed by atoms with Gasteiger partial charge in [-0.15, -0.1) is 11.8 Å². The summed E-state index contributed by atoms with van der Waals surface area (Å²) in [6, 6.07) is 0. The van der Waals surface area contributed by atoms with E-state index in [1.807, 2.05) is 6.26 Å². The van der Waals surface area contributed by atoms with E-state index < -0.39 is 0 Å². The summed E-state index contributed by atoms with van der Waals surface area (Å²) in [5.74, 6) is 0. The molecular formula is C8H14OS. The molecule has 0 aromatic rings. The molecule has 0 heterocycles. The first-order valence-electron chi connectivity index (χ1n) is 3.50. The largest absolute Gasteiger partial charge is 0.387 e. The van der Waals surface area contributed by atoms with Crippen LogP contribution in [-0.2, 0) is 0 Å². The van der Waals surface area contributed by atoms with Crippen LogP contribution >= 0.6 is 11.8 Å². The van der Waals surface area contributed by atoms with Crippen LogP contribution in [0.1, 0.15) is 20.3 Å². The van der Waals surface area contributed by atoms with Crippen molar-refractivity contribution in [3.05, 3.63) is 11.0 Å². The molecule has 58 valence electrons. The van der Waals surface area contributed by atoms with Crippen molar-refractivity contribution in [2.24, 2.45) is 5.41 Å². The summed E-state index contributed by atoms with van der Waals surface area (Å²) in [6.45, 7) is 4.19. The van der Waals surface area contributed by atoms with Crippen molar-refractivity contribution in [1.29, 1.82) is 0 Å². The summed E-state index contributed by atoms with van der Waals surface area (Å²) in [5, 5.41) is 9.63. The molecule has 1 rings (SSSR count). The van der Waals surface area contributed by atoms with Crippen LogP contribution in [0.25, 0.3) is 0 Å². The van der Waals surface area contributed by atoms with Gasteiger partial charge in [0.25, 0.3) is 0 Å². The van der Waals surface area contributed by atoms with Gasteiger partial charge in [-0.25, -0.2) is 0 Å². The highest BCUT2D eigenvalue weighted by Crippen LogP contribution is 2.40. The average molecular weight is 158 g/mol. The van der Waals surface area contributed by atoms with E-state index in [0.29, 0.717) is 0 Å². The molecule has 1 unspecified atom stereocenters. The number of thioether (sulfide) groups is 1. The van der Waals surface area contributed by atoms with Gasteiger partial charge in [0.1, 0.15) is 0 Å². The molecule has 1 aliphatic rings. The van der Waals surface area contributed by atoms with Crippen LogP contribution in [-0.4, -0.2) is 17.5 Å². The lowest BCUT2D eigenvalue weighted by atomic mass is 9.88. The number of hydrogen-bond acceptors (Lipinski definition) is 2. The van der Waals surface area contributed by atoms with Gasteiger partial charge in [-0.1, -0.05) is 19.9 Å². The summed E-state index contributed by atoms with van der Waals surface area (Å²) in [6.07, 6.45) is 4.92. The average Bonchev–Trinajstić information content (AvgIpc) is 2.10. The van der Waals surface area contributed by atoms with Gasteiger partial charge in [-0.2, -0.15) is 0 Å². The predicted molar refractivity (Wildman–Crippen MR) is 46.0 cm³/mol. The van der Waals surface area contributed by atoms with E-state index in [2.05, 4.69) is 19.9 Å². The Kier molecular flexibility index (Phi) is 2.11. The summed E-state index contributed by atoms with van der Waals surface area (Å²) < 4.78 is 0. The number of allylic oxidation sites excluding steroid dienone is 1. The second-order valence-corrected chi connectivity index (χ2v) is 4.29. The zero-order valence-corrected chi connectivity index (χ0v) is 7.53. The second-order valence-electron chi connectivity index (χ2n) is 3.41. The molecule has 0 amide bonds. The minimum atomic E-state index is -0.234. The van der Waals surface area contributed by atoms with Gasteiger partial charge in [0.2, 0.25) is 0 Å². The lowest BCUT2D eigenvalue weighted by Gasteiger charge is -2.23. The SMILES string of the molecule is CSC1=CCC(C)(C)C1O. The third kappa shape index (κ3) is 1.23. The van der Waals surface area contributed by atoms with Crippen molar-refractivity contribution in [1.82, 2.24) is 0 Å². The molecule has 1 aliphatic carbocycles. The van der Waals surface area contributed by atoms with Gasteiger partial charge in [0.05, 0.1) is 6.10 Å². The quantitative estimate of drug-likeness (QED) is 0.630. The van der Waals surface area contributed by atoms with Crippen LogP contribution in [0.4, 0.5) is 0 Å². The molecule has 1 N–H and O–H groups in total. The number of rotatable bonds is 1. The Labute approximate surface area is 66.5 Å². The zero-order valence-electron chi connectivity index (χ0n) is 6.72. The Morgan fingerprint density at radius 1 is 1.70 bits per heavy atom. The fraction of sp³-hybridized carbons (Fsp3) is 0.750. The van der Waals surface area contributed by atoms with Gasteiger partial charge < -0.3 is 5.11 Å². The van der Waals surface area contributed by atoms with E-state index in [4.69, 9.17) is 0 Å². The molecular weight excluding hydrogens is 144 g/mol. The maximum Gasteiger partial charge on any atom is 0.0898 e. The molecule has 0 aromatic carbocycles. The van der Waals surface area contributed by atoms with E-state index >= 15 is 0 Å². The van der Waals surface area contributed by atoms with Crippen LogP contribution in [0.15, 0.2) is 11.0 Å². The fourth-order valence-electron chi connectivity index (χ4n) is 1.17. The first kappa shape index (κ1) is 8.15. The number of aliphatic hydroxyl groups excluding tert-OH is 1. The molecule has 1 nitrogen and oxygen atoms in total. The Bertz CT molecular complexity index is 161. The molecule has 0 saturated carbocycles. The third-order valence-electron chi connectivity index (χ3n) is 2.07. The summed E-state index contributed by atoms with van der Waals surface area (Å²) >= 11 is 1.65. The smallest absolute Gasteiger partial charge is 0.0898 e. The molecule has 1 atom stereocenters. The molecule has 0 spiro atoms. The van der Waals surface area contributed by atoms with Gasteiger partial charge in [-0.05, 0) is 18.1 Å². The molecule has 0 fully saturated rings. The minimum Gasteiger partial charge on any atom is -0.387 e. The fourth-order valence-corrected chi connectivity index (χ4v) is 1.96. The van der Waals surface area contributed by atoms with Crippen LogP contribution in [0.3, 0.4) is 0 Å². The van der Waals surface area contributed by atoms with Crippen molar-refractivity contribution in [3.63, 3.8) is 0 Å². The number of hydrogen-bond donors (Lipinski definition) is 1. The Morgan fingerprint density at radius 3 is 2.50 bits per heavy atom. The standard InChI is InChI=1S/C8H14OS/c1-8(2)5-4-6(10-3)7(8)9/h4,7,9H,5H2,1-3H3. The maximum atomic E-state index is 9.63. The Morgan fingerprint density at radius 2 is 2.30 bits per heavy atom. The van der Waals surface area contributed by atoms with E-state index in [1.165, 1.54) is 0 Å². The van der Waals surface area contributed by atoms with Crippen LogP contribution in [0.2, 0.25) is 0 Å². The van der Waals surface area contributed by atoms with E-state index in [1.54, 1.807) is 11.8 Å². The summed E-state index contributed by atoms with van der Waals surface area (Å²) in [5.41, 5.74) is 0.0678. The van der Waals surface area contributed by atoms with Gasteiger partial charge in [0, 0.05) is 4.91 Å². The zero-order chi connectivity index (χ0) is 7.78. The molecule has 0 radical (unpaired) electrons. The van der Waals surface area contributed by atoms with Crippen molar-refractivity contribution >= 4 is 11.8 Å². The molecule has 2 heteroatoms. The molecule has 0 aliphatic heterocycles. The molecule has 0 aromatic heterocycles. The highest BCUT2D eigenvalue weighted by Gasteiger charge is 2.34. The topological polar surface area (TPSA) is 20.2 Å². The van der Waals surface area contributed by atoms with E-state index in [0.717, 1.165) is 11.3 Å². The van der Waals surface area contributed by atoms with Crippen molar-refractivity contribution in [2.45, 2.75) is 26.4 Å². The Balaban J connectivity index is 2.69. The van der Waals surface area contributed by atoms with E-state index in [-0.39, 0.29) is 11.5 Å². The maximum absolute atomic E-state index is 9.63.